The number of hydrogen-bond donors (Lipinski definition) is 1. The number of unbranched alkanes of at least 4 members (excludes halogenated alkanes) is 36. The first-order chi connectivity index (χ1) is 44.7. The van der Waals surface area contributed by atoms with E-state index in [2.05, 4.69) is 76.3 Å². The van der Waals surface area contributed by atoms with Gasteiger partial charge in [0.15, 0.2) is 12.2 Å². The fourth-order valence-electron chi connectivity index (χ4n) is 10.0. The molecule has 0 aliphatic heterocycles. The molecule has 0 bridgehead atoms. The van der Waals surface area contributed by atoms with Crippen molar-refractivity contribution in [2.75, 3.05) is 39.6 Å². The van der Waals surface area contributed by atoms with Crippen molar-refractivity contribution >= 4 is 39.5 Å². The minimum atomic E-state index is -5.23. The fourth-order valence-corrected chi connectivity index (χ4v) is 11.6. The second kappa shape index (κ2) is 73.2. The third-order valence-corrected chi connectivity index (χ3v) is 17.6. The van der Waals surface area contributed by atoms with Gasteiger partial charge in [0.2, 0.25) is 0 Å². The van der Waals surface area contributed by atoms with Crippen LogP contribution in [0.25, 0.3) is 0 Å². The summed E-state index contributed by atoms with van der Waals surface area (Å²) in [6.45, 7) is 4.40. The number of phosphoric acid groups is 2. The van der Waals surface area contributed by atoms with Crippen LogP contribution in [0, 0.1) is 0 Å². The molecule has 1 N–H and O–H groups in total. The van der Waals surface area contributed by atoms with Gasteiger partial charge in [-0.3, -0.25) is 28.3 Å². The fraction of sp³-hybridized carbons (Fsp3) is 0.836. The zero-order valence-electron chi connectivity index (χ0n) is 60.4. The summed E-state index contributed by atoms with van der Waals surface area (Å²) in [6.07, 6.45) is 60.4. The monoisotopic (exact) mass is 1390 g/mol. The van der Waals surface area contributed by atoms with E-state index in [1.807, 2.05) is 0 Å². The number of hydrogen-bond acceptors (Lipinski definition) is 17. The second-order valence-corrected chi connectivity index (χ2v) is 27.7. The summed E-state index contributed by atoms with van der Waals surface area (Å²) in [6, 6.07) is 0. The number of aliphatic hydroxyl groups is 1. The molecule has 0 amide bonds. The van der Waals surface area contributed by atoms with Crippen LogP contribution in [0.5, 0.6) is 0 Å². The van der Waals surface area contributed by atoms with Gasteiger partial charge in [-0.25, -0.2) is 0 Å². The van der Waals surface area contributed by atoms with Crippen LogP contribution in [0.4, 0.5) is 0 Å². The van der Waals surface area contributed by atoms with Gasteiger partial charge in [0.05, 0.1) is 26.4 Å². The van der Waals surface area contributed by atoms with Gasteiger partial charge in [0.25, 0.3) is 15.6 Å². The Bertz CT molecular complexity index is 1820. The van der Waals surface area contributed by atoms with Crippen LogP contribution in [0.1, 0.15) is 336 Å². The van der Waals surface area contributed by atoms with E-state index >= 15 is 0 Å². The molecular weight excluding hydrogens is 1260 g/mol. The molecule has 538 valence electrons. The molecule has 21 heteroatoms. The predicted molar refractivity (Wildman–Crippen MR) is 368 cm³/mol. The molecule has 4 atom stereocenters. The summed E-state index contributed by atoms with van der Waals surface area (Å²) < 4.78 is 67.4. The molecule has 0 radical (unpaired) electrons. The predicted octanol–water partition coefficient (Wildman–Crippen LogP) is 13.3. The van der Waals surface area contributed by atoms with E-state index in [9.17, 15) is 43.2 Å². The molecule has 0 saturated carbocycles. The summed E-state index contributed by atoms with van der Waals surface area (Å²) in [5.41, 5.74) is 0. The first-order valence-electron chi connectivity index (χ1n) is 36.8. The van der Waals surface area contributed by atoms with Gasteiger partial charge in [-0.15, -0.1) is 0 Å². The quantitative estimate of drug-likeness (QED) is 0.0149. The Morgan fingerprint density at radius 3 is 0.755 bits per heavy atom. The summed E-state index contributed by atoms with van der Waals surface area (Å²) in [5, 5.41) is 10.5. The van der Waals surface area contributed by atoms with Gasteiger partial charge in [-0.2, -0.15) is 0 Å². The van der Waals surface area contributed by atoms with Gasteiger partial charge < -0.3 is 51.9 Å². The van der Waals surface area contributed by atoms with Crippen LogP contribution >= 0.6 is 15.6 Å². The first-order valence-corrected chi connectivity index (χ1v) is 39.8. The Hall–Kier alpha value is -0.980. The Morgan fingerprint density at radius 2 is 0.511 bits per heavy atom. The second-order valence-electron chi connectivity index (χ2n) is 24.8. The summed E-state index contributed by atoms with van der Waals surface area (Å²) in [5.74, 6) is -2.28. The van der Waals surface area contributed by atoms with Crippen LogP contribution in [0.2, 0.25) is 0 Å². The Morgan fingerprint density at radius 1 is 0.309 bits per heavy atom. The Kier molecular flexibility index (Phi) is 75.7. The molecule has 0 rings (SSSR count). The molecule has 0 heterocycles. The van der Waals surface area contributed by atoms with Crippen molar-refractivity contribution < 1.29 is 139 Å². The maximum atomic E-state index is 13.0. The van der Waals surface area contributed by atoms with Crippen LogP contribution in [-0.2, 0) is 65.4 Å². The van der Waals surface area contributed by atoms with Crippen molar-refractivity contribution in [2.24, 2.45) is 0 Å². The number of carbonyl (C=O) groups is 4. The third-order valence-electron chi connectivity index (χ3n) is 15.7. The van der Waals surface area contributed by atoms with E-state index in [1.165, 1.54) is 103 Å². The zero-order valence-corrected chi connectivity index (χ0v) is 66.2. The van der Waals surface area contributed by atoms with E-state index in [0.717, 1.165) is 154 Å². The Balaban J connectivity index is -0.0000414. The normalized spacial score (nSPS) is 14.0. The van der Waals surface area contributed by atoms with Gasteiger partial charge in [0, 0.05) is 25.7 Å². The van der Waals surface area contributed by atoms with Gasteiger partial charge in [-0.1, -0.05) is 230 Å². The van der Waals surface area contributed by atoms with Crippen LogP contribution in [-0.4, -0.2) is 86.9 Å². The van der Waals surface area contributed by atoms with E-state index in [4.69, 9.17) is 37.0 Å². The molecule has 17 nitrogen and oxygen atoms in total. The molecule has 0 saturated heterocycles. The molecular formula is C73H132Na2O17P2. The molecule has 2 unspecified atom stereocenters. The Labute approximate surface area is 616 Å². The summed E-state index contributed by atoms with van der Waals surface area (Å²) in [7, 11) is -10.5. The number of allylic oxidation sites excluding steroid dienone is 8. The van der Waals surface area contributed by atoms with E-state index in [0.29, 0.717) is 25.7 Å². The largest absolute Gasteiger partial charge is 1.00 e. The third kappa shape index (κ3) is 72.3. The molecule has 0 aliphatic rings. The number of ether oxygens (including phenoxy) is 4. The maximum absolute atomic E-state index is 13.0. The summed E-state index contributed by atoms with van der Waals surface area (Å²) in [4.78, 5) is 77.2. The van der Waals surface area contributed by atoms with Crippen LogP contribution in [0.3, 0.4) is 0 Å². The molecule has 0 spiro atoms. The van der Waals surface area contributed by atoms with E-state index in [1.54, 1.807) is 0 Å². The number of esters is 4. The van der Waals surface area contributed by atoms with Crippen molar-refractivity contribution in [1.82, 2.24) is 0 Å². The minimum absolute atomic E-state index is 0. The summed E-state index contributed by atoms with van der Waals surface area (Å²) >= 11 is 0. The van der Waals surface area contributed by atoms with Crippen molar-refractivity contribution in [3.8, 4) is 0 Å². The molecule has 0 aromatic rings. The number of aliphatic hydroxyl groups excluding tert-OH is 1. The van der Waals surface area contributed by atoms with E-state index in [-0.39, 0.29) is 84.8 Å². The molecule has 0 fully saturated rings. The van der Waals surface area contributed by atoms with Gasteiger partial charge in [-0.05, 0) is 128 Å². The SMILES string of the molecule is CCCCCC/C=C/CCCCCCCC(=O)OC[C@H](COP(=O)([O-])OCC(O)COP(=O)([O-])OC[C@@H](COC(=O)CCCCCCC/C=C/CCCCCC)OC(=O)CCCCCCC/C=C/CCCCCC)OC(=O)CCCCCCC/C=C/CCCCCC.[Na+].[Na+]. The van der Waals surface area contributed by atoms with Crippen molar-refractivity contribution in [2.45, 2.75) is 354 Å². The number of rotatable bonds is 70. The first kappa shape index (κ1) is 97.2. The van der Waals surface area contributed by atoms with Crippen molar-refractivity contribution in [3.63, 3.8) is 0 Å². The van der Waals surface area contributed by atoms with Crippen LogP contribution < -0.4 is 68.9 Å². The van der Waals surface area contributed by atoms with E-state index < -0.39 is 97.5 Å². The van der Waals surface area contributed by atoms with Crippen LogP contribution in [0.15, 0.2) is 48.6 Å². The molecule has 94 heavy (non-hydrogen) atoms. The maximum Gasteiger partial charge on any atom is 1.00 e. The van der Waals surface area contributed by atoms with Crippen molar-refractivity contribution in [1.29, 1.82) is 0 Å². The topological polar surface area (TPSA) is 243 Å². The van der Waals surface area contributed by atoms with Gasteiger partial charge >= 0.3 is 83.0 Å². The molecule has 0 aromatic heterocycles. The smallest absolute Gasteiger partial charge is 0.756 e. The molecule has 0 aliphatic carbocycles. The van der Waals surface area contributed by atoms with Gasteiger partial charge in [0.1, 0.15) is 19.3 Å². The number of phosphoric ester groups is 2. The molecule has 0 aromatic carbocycles. The average Bonchev–Trinajstić information content (AvgIpc) is 3.74. The zero-order chi connectivity index (χ0) is 67.5. The van der Waals surface area contributed by atoms with Crippen molar-refractivity contribution in [3.05, 3.63) is 48.6 Å². The average molecular weight is 1390 g/mol. The number of carbonyl (C=O) groups excluding carboxylic acids is 4. The standard InChI is InChI=1S/C73H134O17P2.2Na/c1-5-9-13-17-21-25-29-33-37-41-45-49-53-57-70(75)83-63-68(89-72(77)59-55-51-47-43-39-35-31-27-23-19-15-11-7-3)65-87-91(79,80)85-61-67(74)62-86-92(81,82)88-66-69(90-73(78)60-56-52-48-44-40-36-32-28-24-20-16-12-8-4)64-84-71(76)58-54-50-46-42-38-34-30-26-22-18-14-10-6-2;;/h25-32,67-69,74H,5-24,33-66H2,1-4H3,(H,79,80)(H,81,82);;/q;2*+1/p-2/b29-25+,30-26+,31-27+,32-28+;;/t68-,69-;;/m1../s1. The minimum Gasteiger partial charge on any atom is -0.756 e.